The van der Waals surface area contributed by atoms with Crippen LogP contribution in [0.5, 0.6) is 5.75 Å². The molecule has 0 radical (unpaired) electrons. The molecule has 0 amide bonds. The summed E-state index contributed by atoms with van der Waals surface area (Å²) in [5.41, 5.74) is 0.936. The molecule has 0 spiro atoms. The van der Waals surface area contributed by atoms with E-state index in [0.29, 0.717) is 5.75 Å². The number of benzene rings is 3. The summed E-state index contributed by atoms with van der Waals surface area (Å²) in [5.74, 6) is -0.925. The maximum atomic E-state index is 12.4. The molecule has 2 unspecified atom stereocenters. The van der Waals surface area contributed by atoms with E-state index in [2.05, 4.69) is 4.72 Å². The van der Waals surface area contributed by atoms with Gasteiger partial charge in [0.25, 0.3) is 0 Å². The minimum Gasteiger partial charge on any atom is -0.479 e. The van der Waals surface area contributed by atoms with Crippen LogP contribution in [0.1, 0.15) is 24.8 Å². The first-order valence-corrected chi connectivity index (χ1v) is 11.4. The van der Waals surface area contributed by atoms with Gasteiger partial charge >= 0.3 is 5.97 Å². The molecule has 3 aromatic carbocycles. The number of carbonyl (C=O) groups is 1. The molecule has 0 bridgehead atoms. The molecular weight excluding hydrogens is 402 g/mol. The van der Waals surface area contributed by atoms with Gasteiger partial charge in [-0.05, 0) is 22.9 Å². The Kier molecular flexibility index (Phi) is 7.07. The van der Waals surface area contributed by atoms with Gasteiger partial charge in [0.1, 0.15) is 5.75 Å². The molecule has 0 heterocycles. The van der Waals surface area contributed by atoms with Gasteiger partial charge in [0, 0.05) is 18.4 Å². The standard InChI is InChI=1S/C23H25NO5S/c1-17(18-8-3-2-4-9-18)16-30(27,28)24-15-14-22(23(25)26)29-21-13-7-11-19-10-5-6-12-20(19)21/h2-13,17,22,24H,14-16H2,1H3,(H,25,26). The largest absolute Gasteiger partial charge is 0.479 e. The first kappa shape index (κ1) is 21.8. The lowest BCUT2D eigenvalue weighted by atomic mass is 10.0. The number of sulfonamides is 1. The van der Waals surface area contributed by atoms with Crippen molar-refractivity contribution in [2.75, 3.05) is 12.3 Å². The fraction of sp³-hybridized carbons (Fsp3) is 0.261. The van der Waals surface area contributed by atoms with Crippen molar-refractivity contribution >= 4 is 26.8 Å². The number of hydrogen-bond acceptors (Lipinski definition) is 4. The average Bonchev–Trinajstić information content (AvgIpc) is 2.73. The van der Waals surface area contributed by atoms with Crippen molar-refractivity contribution in [2.45, 2.75) is 25.4 Å². The molecule has 2 atom stereocenters. The fourth-order valence-corrected chi connectivity index (χ4v) is 4.69. The van der Waals surface area contributed by atoms with Gasteiger partial charge in [0.15, 0.2) is 6.10 Å². The number of aliphatic carboxylic acids is 1. The summed E-state index contributed by atoms with van der Waals surface area (Å²) in [6, 6.07) is 22.3. The van der Waals surface area contributed by atoms with E-state index in [1.807, 2.05) is 67.6 Å². The molecule has 2 N–H and O–H groups in total. The number of carboxylic acid groups (broad SMARTS) is 1. The number of ether oxygens (including phenoxy) is 1. The average molecular weight is 428 g/mol. The number of carboxylic acids is 1. The maximum Gasteiger partial charge on any atom is 0.344 e. The lowest BCUT2D eigenvalue weighted by molar-refractivity contribution is -0.145. The third kappa shape index (κ3) is 5.81. The Morgan fingerprint density at radius 2 is 1.67 bits per heavy atom. The van der Waals surface area contributed by atoms with Gasteiger partial charge in [-0.2, -0.15) is 0 Å². The second kappa shape index (κ2) is 9.73. The van der Waals surface area contributed by atoms with Gasteiger partial charge in [0.2, 0.25) is 10.0 Å². The van der Waals surface area contributed by atoms with Crippen molar-refractivity contribution in [3.63, 3.8) is 0 Å². The zero-order chi connectivity index (χ0) is 21.6. The predicted octanol–water partition coefficient (Wildman–Crippen LogP) is 3.79. The topological polar surface area (TPSA) is 92.7 Å². The molecule has 0 fully saturated rings. The van der Waals surface area contributed by atoms with Crippen molar-refractivity contribution in [1.29, 1.82) is 0 Å². The third-order valence-corrected chi connectivity index (χ3v) is 6.44. The summed E-state index contributed by atoms with van der Waals surface area (Å²) in [5, 5.41) is 11.3. The molecule has 3 aromatic rings. The highest BCUT2D eigenvalue weighted by Crippen LogP contribution is 2.26. The highest BCUT2D eigenvalue weighted by Gasteiger charge is 2.22. The normalized spacial score (nSPS) is 13.6. The van der Waals surface area contributed by atoms with Crippen LogP contribution >= 0.6 is 0 Å². The van der Waals surface area contributed by atoms with Gasteiger partial charge < -0.3 is 9.84 Å². The molecule has 0 aliphatic rings. The lowest BCUT2D eigenvalue weighted by Gasteiger charge is -2.18. The van der Waals surface area contributed by atoms with Crippen LogP contribution in [0.4, 0.5) is 0 Å². The molecule has 0 saturated carbocycles. The van der Waals surface area contributed by atoms with Gasteiger partial charge in [0.05, 0.1) is 5.75 Å². The highest BCUT2D eigenvalue weighted by atomic mass is 32.2. The zero-order valence-electron chi connectivity index (χ0n) is 16.7. The number of fused-ring (bicyclic) bond motifs is 1. The van der Waals surface area contributed by atoms with Crippen LogP contribution in [0.25, 0.3) is 10.8 Å². The molecule has 0 aromatic heterocycles. The van der Waals surface area contributed by atoms with Crippen molar-refractivity contribution < 1.29 is 23.1 Å². The molecule has 0 aliphatic carbocycles. The molecule has 6 nitrogen and oxygen atoms in total. The summed E-state index contributed by atoms with van der Waals surface area (Å²) in [6.45, 7) is 1.82. The van der Waals surface area contributed by atoms with Crippen LogP contribution in [0.15, 0.2) is 72.8 Å². The van der Waals surface area contributed by atoms with Gasteiger partial charge in [-0.15, -0.1) is 0 Å². The van der Waals surface area contributed by atoms with E-state index in [9.17, 15) is 18.3 Å². The minimum absolute atomic E-state index is 0.0114. The predicted molar refractivity (Wildman–Crippen MR) is 117 cm³/mol. The summed E-state index contributed by atoms with van der Waals surface area (Å²) in [6.07, 6.45) is -1.15. The van der Waals surface area contributed by atoms with Crippen LogP contribution in [-0.2, 0) is 14.8 Å². The first-order chi connectivity index (χ1) is 14.4. The zero-order valence-corrected chi connectivity index (χ0v) is 17.5. The molecular formula is C23H25NO5S. The van der Waals surface area contributed by atoms with Crippen molar-refractivity contribution in [2.24, 2.45) is 0 Å². The Labute approximate surface area is 176 Å². The Balaban J connectivity index is 1.60. The summed E-state index contributed by atoms with van der Waals surface area (Å²) in [4.78, 5) is 11.7. The van der Waals surface area contributed by atoms with E-state index in [-0.39, 0.29) is 24.6 Å². The Bertz CT molecular complexity index is 1090. The Hall–Kier alpha value is -2.90. The number of rotatable bonds is 10. The molecule has 158 valence electrons. The fourth-order valence-electron chi connectivity index (χ4n) is 3.30. The van der Waals surface area contributed by atoms with E-state index in [4.69, 9.17) is 4.74 Å². The second-order valence-corrected chi connectivity index (χ2v) is 9.05. The molecule has 0 aliphatic heterocycles. The van der Waals surface area contributed by atoms with Gasteiger partial charge in [-0.25, -0.2) is 17.9 Å². The molecule has 30 heavy (non-hydrogen) atoms. The van der Waals surface area contributed by atoms with Crippen molar-refractivity contribution in [3.8, 4) is 5.75 Å². The first-order valence-electron chi connectivity index (χ1n) is 9.75. The summed E-state index contributed by atoms with van der Waals surface area (Å²) >= 11 is 0. The number of hydrogen-bond donors (Lipinski definition) is 2. The Morgan fingerprint density at radius 1 is 1.00 bits per heavy atom. The number of nitrogens with one attached hydrogen (secondary N) is 1. The van der Waals surface area contributed by atoms with Crippen LogP contribution < -0.4 is 9.46 Å². The monoisotopic (exact) mass is 427 g/mol. The third-order valence-electron chi connectivity index (χ3n) is 4.86. The molecule has 7 heteroatoms. The van der Waals surface area contributed by atoms with Crippen LogP contribution in [0.2, 0.25) is 0 Å². The summed E-state index contributed by atoms with van der Waals surface area (Å²) < 4.78 is 33.0. The SMILES string of the molecule is CC(CS(=O)(=O)NCCC(Oc1cccc2ccccc12)C(=O)O)c1ccccc1. The quantitative estimate of drug-likeness (QED) is 0.514. The highest BCUT2D eigenvalue weighted by molar-refractivity contribution is 7.89. The summed E-state index contributed by atoms with van der Waals surface area (Å²) in [7, 11) is -3.56. The van der Waals surface area contributed by atoms with Crippen LogP contribution in [0.3, 0.4) is 0 Å². The smallest absolute Gasteiger partial charge is 0.344 e. The van der Waals surface area contributed by atoms with Crippen LogP contribution in [0, 0.1) is 0 Å². The van der Waals surface area contributed by atoms with Crippen molar-refractivity contribution in [3.05, 3.63) is 78.4 Å². The van der Waals surface area contributed by atoms with Crippen LogP contribution in [-0.4, -0.2) is 37.9 Å². The lowest BCUT2D eigenvalue weighted by Crippen LogP contribution is -2.35. The minimum atomic E-state index is -3.56. The second-order valence-electron chi connectivity index (χ2n) is 7.20. The molecule has 0 saturated heterocycles. The maximum absolute atomic E-state index is 12.4. The van der Waals surface area contributed by atoms with Crippen molar-refractivity contribution in [1.82, 2.24) is 4.72 Å². The van der Waals surface area contributed by atoms with Gasteiger partial charge in [-0.3, -0.25) is 0 Å². The van der Waals surface area contributed by atoms with E-state index in [1.165, 1.54) is 0 Å². The van der Waals surface area contributed by atoms with E-state index in [1.54, 1.807) is 12.1 Å². The van der Waals surface area contributed by atoms with E-state index >= 15 is 0 Å². The Morgan fingerprint density at radius 3 is 2.40 bits per heavy atom. The van der Waals surface area contributed by atoms with E-state index in [0.717, 1.165) is 16.3 Å². The molecule has 3 rings (SSSR count). The van der Waals surface area contributed by atoms with Gasteiger partial charge in [-0.1, -0.05) is 73.7 Å². The van der Waals surface area contributed by atoms with E-state index < -0.39 is 22.1 Å².